The third kappa shape index (κ3) is 2.24. The van der Waals surface area contributed by atoms with Gasteiger partial charge in [0.25, 0.3) is 5.91 Å². The van der Waals surface area contributed by atoms with Gasteiger partial charge < -0.3 is 19.7 Å². The first kappa shape index (κ1) is 13.9. The highest BCUT2D eigenvalue weighted by Crippen LogP contribution is 2.36. The molecule has 4 unspecified atom stereocenters. The smallest absolute Gasteiger partial charge is 0.268 e. The summed E-state index contributed by atoms with van der Waals surface area (Å²) in [4.78, 5) is 15.1. The molecule has 22 heavy (non-hydrogen) atoms. The van der Waals surface area contributed by atoms with Crippen molar-refractivity contribution >= 4 is 5.91 Å². The lowest BCUT2D eigenvalue weighted by Crippen LogP contribution is -2.54. The van der Waals surface area contributed by atoms with E-state index in [4.69, 9.17) is 9.47 Å². The van der Waals surface area contributed by atoms with Gasteiger partial charge in [0.15, 0.2) is 11.5 Å². The van der Waals surface area contributed by atoms with Crippen LogP contribution < -0.4 is 14.8 Å². The van der Waals surface area contributed by atoms with Crippen molar-refractivity contribution in [1.29, 1.82) is 0 Å². The zero-order chi connectivity index (χ0) is 15.1. The minimum Gasteiger partial charge on any atom is -0.482 e. The number of rotatable bonds is 1. The van der Waals surface area contributed by atoms with E-state index >= 15 is 0 Å². The highest BCUT2D eigenvalue weighted by Gasteiger charge is 2.44. The molecule has 0 aromatic heterocycles. The number of para-hydroxylation sites is 2. The second-order valence-electron chi connectivity index (χ2n) is 6.43. The molecular weight excluding hydrogens is 280 g/mol. The number of nitrogens with zero attached hydrogens (tertiary/aromatic N) is 1. The van der Waals surface area contributed by atoms with Gasteiger partial charge in [-0.3, -0.25) is 4.79 Å². The number of hydrogen-bond acceptors (Lipinski definition) is 4. The third-order valence-corrected chi connectivity index (χ3v) is 4.99. The zero-order valence-corrected chi connectivity index (χ0v) is 12.8. The van der Waals surface area contributed by atoms with Gasteiger partial charge >= 0.3 is 0 Å². The number of hydrogen-bond donors (Lipinski definition) is 1. The second-order valence-corrected chi connectivity index (χ2v) is 6.43. The lowest BCUT2D eigenvalue weighted by molar-refractivity contribution is -0.147. The van der Waals surface area contributed by atoms with Crippen LogP contribution in [-0.2, 0) is 4.79 Å². The number of benzene rings is 1. The highest BCUT2D eigenvalue weighted by molar-refractivity contribution is 5.83. The van der Waals surface area contributed by atoms with Gasteiger partial charge in [-0.1, -0.05) is 12.1 Å². The Labute approximate surface area is 130 Å². The fourth-order valence-corrected chi connectivity index (χ4v) is 3.88. The molecule has 5 heteroatoms. The molecule has 0 saturated carbocycles. The quantitative estimate of drug-likeness (QED) is 0.855. The summed E-state index contributed by atoms with van der Waals surface area (Å²) >= 11 is 0. The summed E-state index contributed by atoms with van der Waals surface area (Å²) in [6.07, 6.45) is 2.41. The maximum absolute atomic E-state index is 13.1. The molecule has 5 nitrogen and oxygen atoms in total. The van der Waals surface area contributed by atoms with E-state index in [9.17, 15) is 4.79 Å². The van der Waals surface area contributed by atoms with Gasteiger partial charge in [-0.25, -0.2) is 0 Å². The Kier molecular flexibility index (Phi) is 3.45. The van der Waals surface area contributed by atoms with Crippen LogP contribution >= 0.6 is 0 Å². The molecule has 0 spiro atoms. The predicted molar refractivity (Wildman–Crippen MR) is 82.1 cm³/mol. The molecule has 2 saturated heterocycles. The van der Waals surface area contributed by atoms with Crippen LogP contribution in [0, 0.1) is 0 Å². The Balaban J connectivity index is 1.58. The number of ether oxygens (including phenoxy) is 2. The van der Waals surface area contributed by atoms with Crippen LogP contribution in [0.3, 0.4) is 0 Å². The van der Waals surface area contributed by atoms with Gasteiger partial charge in [0.1, 0.15) is 6.10 Å². The van der Waals surface area contributed by atoms with Gasteiger partial charge in [-0.05, 0) is 44.9 Å². The molecular formula is C17H22N2O3. The van der Waals surface area contributed by atoms with E-state index in [2.05, 4.69) is 10.2 Å². The van der Waals surface area contributed by atoms with Crippen molar-refractivity contribution in [1.82, 2.24) is 10.2 Å². The Bertz CT molecular complexity index is 563. The molecule has 3 heterocycles. The summed E-state index contributed by atoms with van der Waals surface area (Å²) in [6.45, 7) is 3.79. The van der Waals surface area contributed by atoms with Crippen LogP contribution in [0.1, 0.15) is 26.2 Å². The van der Waals surface area contributed by atoms with Crippen LogP contribution in [0.4, 0.5) is 0 Å². The van der Waals surface area contributed by atoms with Gasteiger partial charge in [0.05, 0.1) is 0 Å². The average Bonchev–Trinajstić information content (AvgIpc) is 2.79. The fourth-order valence-electron chi connectivity index (χ4n) is 3.88. The molecule has 4 atom stereocenters. The Morgan fingerprint density at radius 2 is 1.86 bits per heavy atom. The number of nitrogens with one attached hydrogen (secondary N) is 1. The Morgan fingerprint density at radius 3 is 2.68 bits per heavy atom. The largest absolute Gasteiger partial charge is 0.482 e. The van der Waals surface area contributed by atoms with Crippen molar-refractivity contribution in [2.45, 2.75) is 50.5 Å². The van der Waals surface area contributed by atoms with Crippen molar-refractivity contribution < 1.29 is 14.3 Å². The summed E-state index contributed by atoms with van der Waals surface area (Å²) in [6, 6.07) is 8.21. The molecule has 0 radical (unpaired) electrons. The topological polar surface area (TPSA) is 50.8 Å². The van der Waals surface area contributed by atoms with Crippen LogP contribution in [0.2, 0.25) is 0 Å². The van der Waals surface area contributed by atoms with Crippen molar-refractivity contribution in [3.05, 3.63) is 24.3 Å². The minimum absolute atomic E-state index is 0.0817. The summed E-state index contributed by atoms with van der Waals surface area (Å²) in [7, 11) is 0. The Morgan fingerprint density at radius 1 is 1.14 bits per heavy atom. The summed E-state index contributed by atoms with van der Waals surface area (Å²) in [5.41, 5.74) is 0. The minimum atomic E-state index is -0.545. The van der Waals surface area contributed by atoms with E-state index < -0.39 is 6.10 Å². The normalized spacial score (nSPS) is 33.4. The van der Waals surface area contributed by atoms with E-state index in [1.165, 1.54) is 0 Å². The molecule has 2 fully saturated rings. The van der Waals surface area contributed by atoms with E-state index in [0.29, 0.717) is 17.8 Å². The summed E-state index contributed by atoms with van der Waals surface area (Å²) in [5, 5.41) is 3.43. The number of fused-ring (bicyclic) bond motifs is 3. The lowest BCUT2D eigenvalue weighted by atomic mass is 10.1. The van der Waals surface area contributed by atoms with E-state index in [1.807, 2.05) is 31.2 Å². The van der Waals surface area contributed by atoms with Gasteiger partial charge in [-0.2, -0.15) is 0 Å². The van der Waals surface area contributed by atoms with Gasteiger partial charge in [0.2, 0.25) is 6.10 Å². The van der Waals surface area contributed by atoms with Crippen molar-refractivity contribution in [2.24, 2.45) is 0 Å². The first-order valence-electron chi connectivity index (χ1n) is 8.19. The number of amides is 1. The molecule has 1 aromatic rings. The SMILES string of the molecule is CC1Oc2ccccc2OC1C(=O)N1C2CCNCC1CC2. The summed E-state index contributed by atoms with van der Waals surface area (Å²) < 4.78 is 11.9. The molecule has 1 amide bonds. The molecule has 0 aliphatic carbocycles. The molecule has 118 valence electrons. The van der Waals surface area contributed by atoms with E-state index in [1.54, 1.807) is 0 Å². The Hall–Kier alpha value is -1.75. The molecule has 1 N–H and O–H groups in total. The third-order valence-electron chi connectivity index (χ3n) is 4.99. The van der Waals surface area contributed by atoms with Crippen LogP contribution in [-0.4, -0.2) is 48.2 Å². The lowest BCUT2D eigenvalue weighted by Gasteiger charge is -2.36. The number of carbonyl (C=O) groups excluding carboxylic acids is 1. The van der Waals surface area contributed by atoms with Crippen molar-refractivity contribution in [3.63, 3.8) is 0 Å². The molecule has 3 aliphatic rings. The monoisotopic (exact) mass is 302 g/mol. The van der Waals surface area contributed by atoms with Gasteiger partial charge in [0, 0.05) is 18.6 Å². The summed E-state index contributed by atoms with van der Waals surface area (Å²) in [5.74, 6) is 1.47. The van der Waals surface area contributed by atoms with Crippen molar-refractivity contribution in [3.8, 4) is 11.5 Å². The molecule has 3 aliphatic heterocycles. The van der Waals surface area contributed by atoms with E-state index in [-0.39, 0.29) is 12.0 Å². The fraction of sp³-hybridized carbons (Fsp3) is 0.588. The van der Waals surface area contributed by atoms with Gasteiger partial charge in [-0.15, -0.1) is 0 Å². The predicted octanol–water partition coefficient (Wildman–Crippen LogP) is 1.57. The average molecular weight is 302 g/mol. The second kappa shape index (κ2) is 5.47. The highest BCUT2D eigenvalue weighted by atomic mass is 16.6. The van der Waals surface area contributed by atoms with Crippen LogP contribution in [0.5, 0.6) is 11.5 Å². The molecule has 2 bridgehead atoms. The molecule has 4 rings (SSSR count). The van der Waals surface area contributed by atoms with Crippen molar-refractivity contribution in [2.75, 3.05) is 13.1 Å². The van der Waals surface area contributed by atoms with Crippen LogP contribution in [0.15, 0.2) is 24.3 Å². The standard InChI is InChI=1S/C17H22N2O3/c1-11-16(22-15-5-3-2-4-14(15)21-11)17(20)19-12-6-7-13(19)10-18-9-8-12/h2-5,11-13,16,18H,6-10H2,1H3. The maximum atomic E-state index is 13.1. The van der Waals surface area contributed by atoms with E-state index in [0.717, 1.165) is 38.1 Å². The first-order valence-corrected chi connectivity index (χ1v) is 8.19. The van der Waals surface area contributed by atoms with Crippen LogP contribution in [0.25, 0.3) is 0 Å². The first-order chi connectivity index (χ1) is 10.7. The zero-order valence-electron chi connectivity index (χ0n) is 12.8. The number of carbonyl (C=O) groups is 1. The molecule has 1 aromatic carbocycles. The maximum Gasteiger partial charge on any atom is 0.268 e.